The number of amides is 3. The molecule has 0 spiro atoms. The van der Waals surface area contributed by atoms with Gasteiger partial charge in [0.15, 0.2) is 0 Å². The topological polar surface area (TPSA) is 88.7 Å². The quantitative estimate of drug-likeness (QED) is 0.471. The number of carbonyl (C=O) groups excluding carboxylic acids is 2. The van der Waals surface area contributed by atoms with Crippen molar-refractivity contribution in [2.24, 2.45) is 5.92 Å². The molecule has 20 heavy (non-hydrogen) atoms. The maximum absolute atomic E-state index is 11.2. The first-order valence-corrected chi connectivity index (χ1v) is 7.02. The summed E-state index contributed by atoms with van der Waals surface area (Å²) in [4.78, 5) is 22.2. The molecule has 0 aliphatic carbocycles. The van der Waals surface area contributed by atoms with Crippen LogP contribution in [0.2, 0.25) is 0 Å². The van der Waals surface area contributed by atoms with Crippen LogP contribution < -0.4 is 16.0 Å². The molecule has 0 radical (unpaired) electrons. The van der Waals surface area contributed by atoms with Crippen molar-refractivity contribution in [3.05, 3.63) is 0 Å². The van der Waals surface area contributed by atoms with E-state index in [-0.39, 0.29) is 17.9 Å². The standard InChI is InChI=1S/C13H27N3O4/c1-4-14-13(18)16-6-8-20-10-9-19-7-5-15-12(17)11(2)3/h11H,4-10H2,1-3H3,(H,15,17)(H2,14,16,18). The molecule has 0 fully saturated rings. The van der Waals surface area contributed by atoms with Gasteiger partial charge in [0.05, 0.1) is 26.4 Å². The summed E-state index contributed by atoms with van der Waals surface area (Å²) in [5, 5.41) is 8.04. The Morgan fingerprint density at radius 2 is 1.45 bits per heavy atom. The van der Waals surface area contributed by atoms with Gasteiger partial charge in [0.1, 0.15) is 0 Å². The van der Waals surface area contributed by atoms with E-state index in [9.17, 15) is 9.59 Å². The summed E-state index contributed by atoms with van der Waals surface area (Å²) in [6.07, 6.45) is 0. The zero-order chi connectivity index (χ0) is 15.2. The van der Waals surface area contributed by atoms with Gasteiger partial charge in [-0.25, -0.2) is 4.79 Å². The summed E-state index contributed by atoms with van der Waals surface area (Å²) in [5.41, 5.74) is 0. The van der Waals surface area contributed by atoms with Gasteiger partial charge in [-0.15, -0.1) is 0 Å². The lowest BCUT2D eigenvalue weighted by atomic mass is 10.2. The molecular weight excluding hydrogens is 262 g/mol. The van der Waals surface area contributed by atoms with Crippen LogP contribution in [0.25, 0.3) is 0 Å². The lowest BCUT2D eigenvalue weighted by Crippen LogP contribution is -2.37. The molecule has 0 aromatic rings. The highest BCUT2D eigenvalue weighted by Crippen LogP contribution is 1.89. The second-order valence-corrected chi connectivity index (χ2v) is 4.46. The minimum atomic E-state index is -0.187. The minimum Gasteiger partial charge on any atom is -0.377 e. The zero-order valence-electron chi connectivity index (χ0n) is 12.7. The molecule has 0 aliphatic heterocycles. The van der Waals surface area contributed by atoms with E-state index in [4.69, 9.17) is 9.47 Å². The molecular formula is C13H27N3O4. The molecule has 3 amide bonds. The van der Waals surface area contributed by atoms with Crippen LogP contribution in [-0.2, 0) is 14.3 Å². The van der Waals surface area contributed by atoms with E-state index in [0.717, 1.165) is 0 Å². The van der Waals surface area contributed by atoms with Gasteiger partial charge < -0.3 is 25.4 Å². The lowest BCUT2D eigenvalue weighted by molar-refractivity contribution is -0.124. The fourth-order valence-corrected chi connectivity index (χ4v) is 1.23. The van der Waals surface area contributed by atoms with Crippen LogP contribution in [0.4, 0.5) is 4.79 Å². The third-order valence-electron chi connectivity index (χ3n) is 2.31. The fraction of sp³-hybridized carbons (Fsp3) is 0.846. The van der Waals surface area contributed by atoms with Crippen molar-refractivity contribution in [3.63, 3.8) is 0 Å². The molecule has 0 aliphatic rings. The number of hydrogen-bond acceptors (Lipinski definition) is 4. The average molecular weight is 289 g/mol. The number of rotatable bonds is 11. The number of carbonyl (C=O) groups is 2. The molecule has 118 valence electrons. The number of nitrogens with one attached hydrogen (secondary N) is 3. The van der Waals surface area contributed by atoms with E-state index in [1.807, 2.05) is 20.8 Å². The molecule has 0 aromatic carbocycles. The summed E-state index contributed by atoms with van der Waals surface area (Å²) in [5.74, 6) is 0.0250. The van der Waals surface area contributed by atoms with Crippen molar-refractivity contribution in [2.45, 2.75) is 20.8 Å². The van der Waals surface area contributed by atoms with E-state index in [2.05, 4.69) is 16.0 Å². The Morgan fingerprint density at radius 1 is 0.900 bits per heavy atom. The van der Waals surface area contributed by atoms with Gasteiger partial charge in [-0.3, -0.25) is 4.79 Å². The van der Waals surface area contributed by atoms with E-state index >= 15 is 0 Å². The average Bonchev–Trinajstić information content (AvgIpc) is 2.40. The summed E-state index contributed by atoms with van der Waals surface area (Å²) in [7, 11) is 0. The molecule has 0 unspecified atom stereocenters. The molecule has 0 saturated heterocycles. The van der Waals surface area contributed by atoms with Crippen molar-refractivity contribution in [2.75, 3.05) is 46.1 Å². The van der Waals surface area contributed by atoms with Crippen LogP contribution in [0, 0.1) is 5.92 Å². The second-order valence-electron chi connectivity index (χ2n) is 4.46. The first-order valence-electron chi connectivity index (χ1n) is 7.02. The normalized spacial score (nSPS) is 10.4. The van der Waals surface area contributed by atoms with Gasteiger partial charge in [-0.1, -0.05) is 13.8 Å². The molecule has 7 heteroatoms. The Hall–Kier alpha value is -1.34. The Balaban J connectivity index is 3.17. The zero-order valence-corrected chi connectivity index (χ0v) is 12.7. The van der Waals surface area contributed by atoms with Crippen LogP contribution in [-0.4, -0.2) is 58.0 Å². The van der Waals surface area contributed by atoms with Crippen molar-refractivity contribution in [1.82, 2.24) is 16.0 Å². The molecule has 0 rings (SSSR count). The van der Waals surface area contributed by atoms with Crippen LogP contribution in [0.3, 0.4) is 0 Å². The highest BCUT2D eigenvalue weighted by Gasteiger charge is 2.04. The number of hydrogen-bond donors (Lipinski definition) is 3. The summed E-state index contributed by atoms with van der Waals surface area (Å²) >= 11 is 0. The van der Waals surface area contributed by atoms with E-state index in [1.54, 1.807) is 0 Å². The van der Waals surface area contributed by atoms with Crippen molar-refractivity contribution in [1.29, 1.82) is 0 Å². The van der Waals surface area contributed by atoms with Gasteiger partial charge in [-0.05, 0) is 6.92 Å². The summed E-state index contributed by atoms with van der Waals surface area (Å²) in [6.45, 7) is 8.99. The van der Waals surface area contributed by atoms with Gasteiger partial charge in [0, 0.05) is 25.6 Å². The molecule has 0 heterocycles. The van der Waals surface area contributed by atoms with E-state index in [1.165, 1.54) is 0 Å². The highest BCUT2D eigenvalue weighted by atomic mass is 16.5. The predicted molar refractivity (Wildman–Crippen MR) is 76.6 cm³/mol. The smallest absolute Gasteiger partial charge is 0.314 e. The third-order valence-corrected chi connectivity index (χ3v) is 2.31. The van der Waals surface area contributed by atoms with Crippen LogP contribution in [0.1, 0.15) is 20.8 Å². The van der Waals surface area contributed by atoms with Crippen LogP contribution in [0.15, 0.2) is 0 Å². The van der Waals surface area contributed by atoms with Crippen molar-refractivity contribution in [3.8, 4) is 0 Å². The first kappa shape index (κ1) is 18.7. The molecule has 7 nitrogen and oxygen atoms in total. The lowest BCUT2D eigenvalue weighted by Gasteiger charge is -2.09. The van der Waals surface area contributed by atoms with Gasteiger partial charge in [0.2, 0.25) is 5.91 Å². The van der Waals surface area contributed by atoms with E-state index in [0.29, 0.717) is 46.1 Å². The van der Waals surface area contributed by atoms with Gasteiger partial charge in [-0.2, -0.15) is 0 Å². The SMILES string of the molecule is CCNC(=O)NCCOCCOCCNC(=O)C(C)C. The molecule has 0 aromatic heterocycles. The fourth-order valence-electron chi connectivity index (χ4n) is 1.23. The predicted octanol–water partition coefficient (Wildman–Crippen LogP) is 0.111. The second kappa shape index (κ2) is 12.7. The van der Waals surface area contributed by atoms with Gasteiger partial charge >= 0.3 is 6.03 Å². The Kier molecular flexibility index (Phi) is 11.8. The maximum atomic E-state index is 11.2. The molecule has 0 saturated carbocycles. The van der Waals surface area contributed by atoms with Crippen LogP contribution >= 0.6 is 0 Å². The molecule has 3 N–H and O–H groups in total. The summed E-state index contributed by atoms with van der Waals surface area (Å²) < 4.78 is 10.6. The first-order chi connectivity index (χ1) is 9.57. The third kappa shape index (κ3) is 11.7. The minimum absolute atomic E-state index is 0.00394. The summed E-state index contributed by atoms with van der Waals surface area (Å²) in [6, 6.07) is -0.187. The Bertz CT molecular complexity index is 272. The Labute approximate surface area is 120 Å². The largest absolute Gasteiger partial charge is 0.377 e. The number of ether oxygens (including phenoxy) is 2. The van der Waals surface area contributed by atoms with Crippen LogP contribution in [0.5, 0.6) is 0 Å². The number of urea groups is 1. The Morgan fingerprint density at radius 3 is 1.95 bits per heavy atom. The van der Waals surface area contributed by atoms with E-state index < -0.39 is 0 Å². The molecule has 0 bridgehead atoms. The monoisotopic (exact) mass is 289 g/mol. The van der Waals surface area contributed by atoms with Crippen molar-refractivity contribution >= 4 is 11.9 Å². The maximum Gasteiger partial charge on any atom is 0.314 e. The van der Waals surface area contributed by atoms with Crippen molar-refractivity contribution < 1.29 is 19.1 Å². The highest BCUT2D eigenvalue weighted by molar-refractivity contribution is 5.77. The van der Waals surface area contributed by atoms with Gasteiger partial charge in [0.25, 0.3) is 0 Å². The molecule has 0 atom stereocenters.